The maximum absolute atomic E-state index is 10.2. The molecule has 0 heterocycles. The van der Waals surface area contributed by atoms with Crippen LogP contribution in [0, 0.1) is 0 Å². The molecule has 0 saturated carbocycles. The molecule has 0 bridgehead atoms. The van der Waals surface area contributed by atoms with Crippen LogP contribution in [0.5, 0.6) is 0 Å². The normalized spacial score (nSPS) is 12.2. The predicted molar refractivity (Wildman–Crippen MR) is 65.3 cm³/mol. The van der Waals surface area contributed by atoms with Crippen molar-refractivity contribution in [3.05, 3.63) is 0 Å². The minimum Gasteiger partial charge on any atom is -0.481 e. The Morgan fingerprint density at radius 1 is 1.22 bits per heavy atom. The first kappa shape index (κ1) is 20.2. The number of aliphatic carboxylic acids is 2. The molecule has 0 aromatic carbocycles. The van der Waals surface area contributed by atoms with E-state index in [-0.39, 0.29) is 0 Å². The Kier molecular flexibility index (Phi) is 12.0. The molecular formula is C9H17NaO7S. The molecule has 1 atom stereocenters. The van der Waals surface area contributed by atoms with Gasteiger partial charge in [0.2, 0.25) is 0 Å². The largest absolute Gasteiger partial charge is 0.481 e. The molecule has 3 N–H and O–H groups in total. The van der Waals surface area contributed by atoms with E-state index in [1.54, 1.807) is 0 Å². The zero-order valence-electron chi connectivity index (χ0n) is 10.5. The van der Waals surface area contributed by atoms with E-state index in [1.807, 2.05) is 0 Å². The van der Waals surface area contributed by atoms with E-state index in [0.29, 0.717) is 0 Å². The molecule has 0 aliphatic carbocycles. The van der Waals surface area contributed by atoms with Gasteiger partial charge in [0.1, 0.15) is 0 Å². The molecule has 0 aromatic rings. The molecule has 0 aliphatic heterocycles. The minimum absolute atomic E-state index is 1.16. The van der Waals surface area contributed by atoms with Crippen LogP contribution in [-0.4, -0.2) is 68.3 Å². The van der Waals surface area contributed by atoms with Crippen molar-refractivity contribution >= 4 is 50.0 Å². The number of rotatable bonds is 7. The Hall–Kier alpha value is -0.150. The monoisotopic (exact) mass is 292 g/mol. The van der Waals surface area contributed by atoms with Crippen LogP contribution in [0.1, 0.15) is 32.6 Å². The molecular weight excluding hydrogens is 275 g/mol. The Labute approximate surface area is 124 Å². The summed E-state index contributed by atoms with van der Waals surface area (Å²) in [6.45, 7) is 2.25. The Balaban J connectivity index is 0. The van der Waals surface area contributed by atoms with Gasteiger partial charge in [-0.25, -0.2) is 0 Å². The standard InChI is InChI=1S/C5H11.C4H6O7S.Na/c1-3-5-4-2;5-3(6)1-2(4(7)8)12(9,10)11;/h1,3-5H2,2H3;2H,1H2,(H,5,6)(H,7,8)(H,9,10,11);. The predicted octanol–water partition coefficient (Wildman–Crippen LogP) is 0.565. The van der Waals surface area contributed by atoms with Gasteiger partial charge in [0.15, 0.2) is 5.25 Å². The molecule has 0 fully saturated rings. The molecule has 7 nitrogen and oxygen atoms in total. The van der Waals surface area contributed by atoms with Crippen molar-refractivity contribution in [3.8, 4) is 0 Å². The average molecular weight is 292 g/mol. The Morgan fingerprint density at radius 2 is 1.72 bits per heavy atom. The third-order valence-corrected chi connectivity index (χ3v) is 3.75. The third kappa shape index (κ3) is 12.3. The van der Waals surface area contributed by atoms with Crippen LogP contribution in [-0.2, 0) is 19.7 Å². The van der Waals surface area contributed by atoms with Gasteiger partial charge in [0.05, 0.1) is 6.42 Å². The van der Waals surface area contributed by atoms with Gasteiger partial charge in [0.25, 0.3) is 10.1 Å². The summed E-state index contributed by atoms with van der Waals surface area (Å²) in [6, 6.07) is 0. The van der Waals surface area contributed by atoms with Gasteiger partial charge in [-0.3, -0.25) is 14.1 Å². The second-order valence-electron chi connectivity index (χ2n) is 3.65. The van der Waals surface area contributed by atoms with Crippen LogP contribution in [0.2, 0.25) is 3.67 Å². The Bertz CT molecular complexity index is 348. The average Bonchev–Trinajstić information content (AvgIpc) is 2.21. The number of carboxylic acids is 2. The molecule has 0 saturated heterocycles. The fourth-order valence-corrected chi connectivity index (χ4v) is 2.09. The molecule has 0 spiro atoms. The van der Waals surface area contributed by atoms with E-state index in [0.717, 1.165) is 0 Å². The zero-order valence-corrected chi connectivity index (χ0v) is 13.3. The molecule has 0 aliphatic rings. The van der Waals surface area contributed by atoms with Crippen molar-refractivity contribution in [1.29, 1.82) is 0 Å². The van der Waals surface area contributed by atoms with Gasteiger partial charge in [-0.15, -0.1) is 0 Å². The second-order valence-corrected chi connectivity index (χ2v) is 6.25. The molecule has 0 aromatic heterocycles. The van der Waals surface area contributed by atoms with Crippen molar-refractivity contribution in [2.24, 2.45) is 0 Å². The molecule has 9 heteroatoms. The fraction of sp³-hybridized carbons (Fsp3) is 0.778. The number of hydrogen-bond donors (Lipinski definition) is 3. The summed E-state index contributed by atoms with van der Waals surface area (Å²) in [6.07, 6.45) is 3.14. The smallest absolute Gasteiger partial charge is 0.325 e. The summed E-state index contributed by atoms with van der Waals surface area (Å²) < 4.78 is 30.2. The summed E-state index contributed by atoms with van der Waals surface area (Å²) in [4.78, 5) is 20.0. The van der Waals surface area contributed by atoms with E-state index in [4.69, 9.17) is 14.8 Å². The molecule has 0 rings (SSSR count). The topological polar surface area (TPSA) is 129 Å². The Morgan fingerprint density at radius 3 is 1.83 bits per heavy atom. The van der Waals surface area contributed by atoms with Crippen LogP contribution in [0.4, 0.5) is 0 Å². The van der Waals surface area contributed by atoms with Gasteiger partial charge in [0, 0.05) is 0 Å². The molecule has 18 heavy (non-hydrogen) atoms. The summed E-state index contributed by atoms with van der Waals surface area (Å²) in [5, 5.41) is 13.9. The van der Waals surface area contributed by atoms with Crippen LogP contribution in [0.25, 0.3) is 0 Å². The van der Waals surface area contributed by atoms with E-state index in [1.165, 1.54) is 50.9 Å². The number of carbonyl (C=O) groups is 2. The minimum atomic E-state index is -4.84. The SMILES string of the molecule is CCCC[CH2][Na].O=C(O)CC(C(=O)O)S(=O)(=O)O. The van der Waals surface area contributed by atoms with Crippen molar-refractivity contribution in [1.82, 2.24) is 0 Å². The third-order valence-electron chi connectivity index (χ3n) is 1.95. The molecule has 1 unspecified atom stereocenters. The van der Waals surface area contributed by atoms with Crippen molar-refractivity contribution in [2.45, 2.75) is 41.5 Å². The van der Waals surface area contributed by atoms with Gasteiger partial charge in [-0.2, -0.15) is 8.42 Å². The zero-order chi connectivity index (χ0) is 14.8. The van der Waals surface area contributed by atoms with Crippen LogP contribution < -0.4 is 0 Å². The summed E-state index contributed by atoms with van der Waals surface area (Å²) in [7, 11) is -4.84. The number of carboxylic acid groups (broad SMARTS) is 2. The summed E-state index contributed by atoms with van der Waals surface area (Å²) in [5.74, 6) is -3.50. The van der Waals surface area contributed by atoms with Gasteiger partial charge < -0.3 is 10.2 Å². The second kappa shape index (κ2) is 10.7. The summed E-state index contributed by atoms with van der Waals surface area (Å²) in [5.41, 5.74) is 0. The molecule has 0 amide bonds. The number of unbranched alkanes of at least 4 members (excludes halogenated alkanes) is 2. The van der Waals surface area contributed by atoms with Crippen LogP contribution >= 0.6 is 0 Å². The van der Waals surface area contributed by atoms with E-state index >= 15 is 0 Å². The van der Waals surface area contributed by atoms with Gasteiger partial charge >= 0.3 is 69.7 Å². The van der Waals surface area contributed by atoms with Gasteiger partial charge in [-0.05, 0) is 0 Å². The maximum atomic E-state index is 10.2. The van der Waals surface area contributed by atoms with E-state index in [9.17, 15) is 18.0 Å². The van der Waals surface area contributed by atoms with E-state index < -0.39 is 33.7 Å². The van der Waals surface area contributed by atoms with Gasteiger partial charge in [-0.1, -0.05) is 0 Å². The first-order valence-electron chi connectivity index (χ1n) is 5.57. The van der Waals surface area contributed by atoms with Crippen molar-refractivity contribution < 1.29 is 32.8 Å². The van der Waals surface area contributed by atoms with Crippen LogP contribution in [0.3, 0.4) is 0 Å². The fourth-order valence-electron chi connectivity index (χ4n) is 0.979. The van der Waals surface area contributed by atoms with Crippen molar-refractivity contribution in [3.63, 3.8) is 0 Å². The number of hydrogen-bond acceptors (Lipinski definition) is 4. The van der Waals surface area contributed by atoms with Crippen LogP contribution in [0.15, 0.2) is 0 Å². The van der Waals surface area contributed by atoms with E-state index in [2.05, 4.69) is 6.92 Å². The maximum Gasteiger partial charge on any atom is 0.325 e. The molecule has 0 radical (unpaired) electrons. The first-order valence-corrected chi connectivity index (χ1v) is 8.49. The quantitative estimate of drug-likeness (QED) is 0.355. The van der Waals surface area contributed by atoms with Crippen molar-refractivity contribution in [2.75, 3.05) is 0 Å². The molecule has 102 valence electrons. The first-order chi connectivity index (χ1) is 8.16. The summed E-state index contributed by atoms with van der Waals surface area (Å²) >= 11 is 1.40.